The Balaban J connectivity index is 0.00000150. The molecule has 1 aromatic carbocycles. The fourth-order valence-corrected chi connectivity index (χ4v) is 3.61. The van der Waals surface area contributed by atoms with Crippen LogP contribution in [0.15, 0.2) is 28.8 Å². The topological polar surface area (TPSA) is 74.5 Å². The molecule has 4 rings (SSSR count). The van der Waals surface area contributed by atoms with E-state index in [-0.39, 0.29) is 30.7 Å². The Bertz CT molecular complexity index is 786. The summed E-state index contributed by atoms with van der Waals surface area (Å²) in [5, 5.41) is 7.35. The molecule has 2 aromatic rings. The number of carbonyl (C=O) groups is 1. The Morgan fingerprint density at radius 1 is 1.17 bits per heavy atom. The molecule has 0 bridgehead atoms. The smallest absolute Gasteiger partial charge is 0.241 e. The SMILES string of the molecule is Cc1ccc(-c2noc(CN3CCN(C(=O)C(C)C4CNC4)CC3)n2)cc1.Cl.Cl. The van der Waals surface area contributed by atoms with Crippen molar-refractivity contribution in [3.63, 3.8) is 0 Å². The van der Waals surface area contributed by atoms with Crippen LogP contribution in [0.2, 0.25) is 0 Å². The normalized spacial score (nSPS) is 18.3. The Morgan fingerprint density at radius 2 is 1.83 bits per heavy atom. The lowest BCUT2D eigenvalue weighted by atomic mass is 9.88. The maximum Gasteiger partial charge on any atom is 0.241 e. The molecule has 7 nitrogen and oxygen atoms in total. The van der Waals surface area contributed by atoms with E-state index in [1.165, 1.54) is 5.56 Å². The third-order valence-electron chi connectivity index (χ3n) is 5.73. The fourth-order valence-electron chi connectivity index (χ4n) is 3.61. The van der Waals surface area contributed by atoms with Crippen LogP contribution < -0.4 is 5.32 Å². The first kappa shape index (κ1) is 23.6. The zero-order chi connectivity index (χ0) is 18.8. The summed E-state index contributed by atoms with van der Waals surface area (Å²) in [6.45, 7) is 9.88. The number of aryl methyl sites for hydroxylation is 1. The average Bonchev–Trinajstić information content (AvgIpc) is 3.09. The van der Waals surface area contributed by atoms with Crippen molar-refractivity contribution < 1.29 is 9.32 Å². The van der Waals surface area contributed by atoms with Gasteiger partial charge in [0, 0.05) is 37.7 Å². The molecule has 1 atom stereocenters. The Hall–Kier alpha value is -1.67. The second-order valence-electron chi connectivity index (χ2n) is 7.69. The summed E-state index contributed by atoms with van der Waals surface area (Å²) in [4.78, 5) is 21.4. The summed E-state index contributed by atoms with van der Waals surface area (Å²) in [6, 6.07) is 8.10. The molecule has 2 fully saturated rings. The molecule has 2 saturated heterocycles. The molecule has 1 unspecified atom stereocenters. The van der Waals surface area contributed by atoms with Crippen molar-refractivity contribution >= 4 is 30.7 Å². The maximum atomic E-state index is 12.6. The minimum Gasteiger partial charge on any atom is -0.340 e. The number of hydrogen-bond acceptors (Lipinski definition) is 6. The van der Waals surface area contributed by atoms with E-state index in [9.17, 15) is 4.79 Å². The van der Waals surface area contributed by atoms with Gasteiger partial charge in [0.1, 0.15) is 0 Å². The molecule has 0 spiro atoms. The van der Waals surface area contributed by atoms with Gasteiger partial charge < -0.3 is 14.7 Å². The van der Waals surface area contributed by atoms with Crippen molar-refractivity contribution in [3.05, 3.63) is 35.7 Å². The third-order valence-corrected chi connectivity index (χ3v) is 5.73. The van der Waals surface area contributed by atoms with Crippen LogP contribution in [0.5, 0.6) is 0 Å². The molecule has 1 N–H and O–H groups in total. The molecule has 0 saturated carbocycles. The van der Waals surface area contributed by atoms with Crippen molar-refractivity contribution in [2.75, 3.05) is 39.3 Å². The quantitative estimate of drug-likeness (QED) is 0.767. The maximum absolute atomic E-state index is 12.6. The molecule has 9 heteroatoms. The third kappa shape index (κ3) is 5.48. The van der Waals surface area contributed by atoms with E-state index in [1.54, 1.807) is 0 Å². The molecule has 0 radical (unpaired) electrons. The largest absolute Gasteiger partial charge is 0.340 e. The summed E-state index contributed by atoms with van der Waals surface area (Å²) < 4.78 is 5.43. The molecule has 0 aliphatic carbocycles. The highest BCUT2D eigenvalue weighted by Gasteiger charge is 2.33. The molecule has 3 heterocycles. The van der Waals surface area contributed by atoms with Gasteiger partial charge in [-0.1, -0.05) is 41.9 Å². The lowest BCUT2D eigenvalue weighted by Crippen LogP contribution is -2.54. The van der Waals surface area contributed by atoms with Crippen molar-refractivity contribution in [1.82, 2.24) is 25.3 Å². The van der Waals surface area contributed by atoms with E-state index in [0.717, 1.165) is 44.8 Å². The average molecular weight is 442 g/mol. The highest BCUT2D eigenvalue weighted by Crippen LogP contribution is 2.20. The lowest BCUT2D eigenvalue weighted by molar-refractivity contribution is -0.139. The van der Waals surface area contributed by atoms with Gasteiger partial charge in [0.15, 0.2) is 0 Å². The number of benzene rings is 1. The van der Waals surface area contributed by atoms with E-state index >= 15 is 0 Å². The van der Waals surface area contributed by atoms with Gasteiger partial charge in [0.05, 0.1) is 6.54 Å². The van der Waals surface area contributed by atoms with Crippen LogP contribution in [0.3, 0.4) is 0 Å². The lowest BCUT2D eigenvalue weighted by Gasteiger charge is -2.38. The van der Waals surface area contributed by atoms with Gasteiger partial charge in [-0.25, -0.2) is 0 Å². The van der Waals surface area contributed by atoms with Crippen molar-refractivity contribution in [3.8, 4) is 11.4 Å². The summed E-state index contributed by atoms with van der Waals surface area (Å²) in [5.41, 5.74) is 2.17. The molecular weight excluding hydrogens is 413 g/mol. The zero-order valence-corrected chi connectivity index (χ0v) is 18.5. The first-order valence-corrected chi connectivity index (χ1v) is 9.71. The molecule has 1 aromatic heterocycles. The Labute approximate surface area is 184 Å². The summed E-state index contributed by atoms with van der Waals surface area (Å²) in [5.74, 6) is 2.15. The van der Waals surface area contributed by atoms with E-state index in [0.29, 0.717) is 30.1 Å². The first-order valence-electron chi connectivity index (χ1n) is 9.71. The van der Waals surface area contributed by atoms with E-state index in [2.05, 4.69) is 34.2 Å². The second-order valence-corrected chi connectivity index (χ2v) is 7.69. The van der Waals surface area contributed by atoms with Gasteiger partial charge >= 0.3 is 0 Å². The van der Waals surface area contributed by atoms with Gasteiger partial charge in [0.25, 0.3) is 0 Å². The minimum absolute atomic E-state index is 0. The van der Waals surface area contributed by atoms with Crippen LogP contribution in [0.25, 0.3) is 11.4 Å². The van der Waals surface area contributed by atoms with Crippen LogP contribution in [0.4, 0.5) is 0 Å². The van der Waals surface area contributed by atoms with Crippen LogP contribution in [0.1, 0.15) is 18.4 Å². The fraction of sp³-hybridized carbons (Fsp3) is 0.550. The van der Waals surface area contributed by atoms with Crippen molar-refractivity contribution in [2.24, 2.45) is 11.8 Å². The Morgan fingerprint density at radius 3 is 2.41 bits per heavy atom. The van der Waals surface area contributed by atoms with Gasteiger partial charge in [-0.15, -0.1) is 24.8 Å². The first-order chi connectivity index (χ1) is 13.1. The predicted molar refractivity (Wildman–Crippen MR) is 116 cm³/mol. The number of halogens is 2. The summed E-state index contributed by atoms with van der Waals surface area (Å²) in [7, 11) is 0. The zero-order valence-electron chi connectivity index (χ0n) is 16.8. The van der Waals surface area contributed by atoms with Crippen molar-refractivity contribution in [2.45, 2.75) is 20.4 Å². The monoisotopic (exact) mass is 441 g/mol. The van der Waals surface area contributed by atoms with E-state index in [1.807, 2.05) is 29.2 Å². The van der Waals surface area contributed by atoms with E-state index in [4.69, 9.17) is 4.52 Å². The number of piperazine rings is 1. The van der Waals surface area contributed by atoms with Crippen molar-refractivity contribution in [1.29, 1.82) is 0 Å². The highest BCUT2D eigenvalue weighted by molar-refractivity contribution is 5.85. The molecule has 160 valence electrons. The minimum atomic E-state index is 0. The second kappa shape index (κ2) is 10.4. The number of nitrogens with one attached hydrogen (secondary N) is 1. The Kier molecular flexibility index (Phi) is 8.46. The summed E-state index contributed by atoms with van der Waals surface area (Å²) in [6.07, 6.45) is 0. The van der Waals surface area contributed by atoms with Crippen LogP contribution in [0, 0.1) is 18.8 Å². The molecule has 1 amide bonds. The molecule has 29 heavy (non-hydrogen) atoms. The number of rotatable bonds is 5. The summed E-state index contributed by atoms with van der Waals surface area (Å²) >= 11 is 0. The molecule has 2 aliphatic heterocycles. The van der Waals surface area contributed by atoms with Gasteiger partial charge in [-0.2, -0.15) is 4.98 Å². The van der Waals surface area contributed by atoms with Gasteiger partial charge in [-0.05, 0) is 25.9 Å². The number of amides is 1. The standard InChI is InChI=1S/C20H27N5O2.2ClH/c1-14-3-5-16(6-4-14)19-22-18(27-23-19)13-24-7-9-25(10-8-24)20(26)15(2)17-11-21-12-17;;/h3-6,15,17,21H,7-13H2,1-2H3;2*1H. The number of hydrogen-bond donors (Lipinski definition) is 1. The number of carbonyl (C=O) groups excluding carboxylic acids is 1. The van der Waals surface area contributed by atoms with Gasteiger partial charge in [0.2, 0.25) is 17.6 Å². The molecule has 2 aliphatic rings. The highest BCUT2D eigenvalue weighted by atomic mass is 35.5. The number of nitrogens with zero attached hydrogens (tertiary/aromatic N) is 4. The van der Waals surface area contributed by atoms with Crippen LogP contribution >= 0.6 is 24.8 Å². The predicted octanol–water partition coefficient (Wildman–Crippen LogP) is 2.39. The molecular formula is C20H29Cl2N5O2. The van der Waals surface area contributed by atoms with Crippen LogP contribution in [-0.2, 0) is 11.3 Å². The number of aromatic nitrogens is 2. The van der Waals surface area contributed by atoms with Gasteiger partial charge in [-0.3, -0.25) is 9.69 Å². The van der Waals surface area contributed by atoms with E-state index < -0.39 is 0 Å². The van der Waals surface area contributed by atoms with Crippen LogP contribution in [-0.4, -0.2) is 65.1 Å².